The highest BCUT2D eigenvalue weighted by Crippen LogP contribution is 2.20. The average Bonchev–Trinajstić information content (AvgIpc) is 2.85. The normalized spacial score (nSPS) is 10.8. The first-order chi connectivity index (χ1) is 9.49. The number of aromatic nitrogens is 3. The molecular formula is C13H15ClN4OS. The van der Waals surface area contributed by atoms with Crippen molar-refractivity contribution in [2.75, 3.05) is 5.32 Å². The van der Waals surface area contributed by atoms with E-state index in [1.807, 2.05) is 20.8 Å². The Balaban J connectivity index is 2.20. The Labute approximate surface area is 126 Å². The standard InChI is InChI=1S/C13H15ClN4OS/c1-4-11-17-18-13(20-11)16-12(19)8-5-9(7(2)3)15-10(14)6-8/h5-7H,4H2,1-3H3,(H,16,18,19). The Morgan fingerprint density at radius 2 is 2.15 bits per heavy atom. The minimum Gasteiger partial charge on any atom is -0.296 e. The minimum atomic E-state index is -0.255. The van der Waals surface area contributed by atoms with Crippen LogP contribution < -0.4 is 5.32 Å². The molecule has 0 fully saturated rings. The number of amides is 1. The molecule has 0 atom stereocenters. The van der Waals surface area contributed by atoms with Crippen LogP contribution in [0, 0.1) is 0 Å². The number of carbonyl (C=O) groups is 1. The molecule has 2 aromatic heterocycles. The van der Waals surface area contributed by atoms with Gasteiger partial charge in [0.05, 0.1) is 0 Å². The number of hydrogen-bond donors (Lipinski definition) is 1. The topological polar surface area (TPSA) is 67.8 Å². The molecule has 0 aliphatic heterocycles. The zero-order chi connectivity index (χ0) is 14.7. The number of carbonyl (C=O) groups excluding carboxylic acids is 1. The molecule has 0 spiro atoms. The van der Waals surface area contributed by atoms with Gasteiger partial charge in [0.25, 0.3) is 5.91 Å². The summed E-state index contributed by atoms with van der Waals surface area (Å²) in [7, 11) is 0. The summed E-state index contributed by atoms with van der Waals surface area (Å²) in [5, 5.41) is 12.3. The first-order valence-electron chi connectivity index (χ1n) is 6.30. The Kier molecular flexibility index (Phi) is 4.67. The van der Waals surface area contributed by atoms with Crippen LogP contribution in [0.15, 0.2) is 12.1 Å². The number of nitrogens with one attached hydrogen (secondary N) is 1. The maximum atomic E-state index is 12.2. The summed E-state index contributed by atoms with van der Waals surface area (Å²) >= 11 is 7.32. The van der Waals surface area contributed by atoms with Gasteiger partial charge in [0.15, 0.2) is 0 Å². The third-order valence-corrected chi connectivity index (χ3v) is 3.83. The fourth-order valence-corrected chi connectivity index (χ4v) is 2.45. The molecule has 0 aliphatic carbocycles. The van der Waals surface area contributed by atoms with Crippen molar-refractivity contribution in [1.29, 1.82) is 0 Å². The molecule has 1 amide bonds. The molecule has 7 heteroatoms. The number of rotatable bonds is 4. The van der Waals surface area contributed by atoms with Gasteiger partial charge in [0.1, 0.15) is 10.2 Å². The lowest BCUT2D eigenvalue weighted by atomic mass is 10.1. The van der Waals surface area contributed by atoms with Crippen molar-refractivity contribution in [1.82, 2.24) is 15.2 Å². The molecule has 0 unspecified atom stereocenters. The molecule has 0 radical (unpaired) electrons. The van der Waals surface area contributed by atoms with E-state index in [4.69, 9.17) is 11.6 Å². The summed E-state index contributed by atoms with van der Waals surface area (Å²) in [4.78, 5) is 16.4. The van der Waals surface area contributed by atoms with Gasteiger partial charge in [-0.1, -0.05) is 43.7 Å². The highest BCUT2D eigenvalue weighted by atomic mass is 35.5. The molecule has 20 heavy (non-hydrogen) atoms. The Bertz CT molecular complexity index is 627. The van der Waals surface area contributed by atoms with Gasteiger partial charge >= 0.3 is 0 Å². The second-order valence-corrected chi connectivity index (χ2v) is 6.02. The Morgan fingerprint density at radius 3 is 2.75 bits per heavy atom. The van der Waals surface area contributed by atoms with Crippen molar-refractivity contribution in [3.05, 3.63) is 33.6 Å². The predicted octanol–water partition coefficient (Wildman–Crippen LogP) is 3.52. The highest BCUT2D eigenvalue weighted by molar-refractivity contribution is 7.15. The monoisotopic (exact) mass is 310 g/mol. The minimum absolute atomic E-state index is 0.202. The molecule has 2 aromatic rings. The molecule has 5 nitrogen and oxygen atoms in total. The van der Waals surface area contributed by atoms with Crippen LogP contribution >= 0.6 is 22.9 Å². The van der Waals surface area contributed by atoms with E-state index >= 15 is 0 Å². The van der Waals surface area contributed by atoms with Crippen molar-refractivity contribution in [3.63, 3.8) is 0 Å². The maximum Gasteiger partial charge on any atom is 0.257 e. The maximum absolute atomic E-state index is 12.2. The van der Waals surface area contributed by atoms with Gasteiger partial charge in [-0.15, -0.1) is 10.2 Å². The summed E-state index contributed by atoms with van der Waals surface area (Å²) in [5.41, 5.74) is 1.26. The summed E-state index contributed by atoms with van der Waals surface area (Å²) in [5.74, 6) is -0.0523. The van der Waals surface area contributed by atoms with Crippen LogP contribution in [-0.2, 0) is 6.42 Å². The summed E-state index contributed by atoms with van der Waals surface area (Å²) in [6, 6.07) is 3.29. The van der Waals surface area contributed by atoms with E-state index in [0.29, 0.717) is 15.8 Å². The van der Waals surface area contributed by atoms with Crippen LogP contribution in [0.25, 0.3) is 0 Å². The summed E-state index contributed by atoms with van der Waals surface area (Å²) in [6.45, 7) is 5.99. The number of nitrogens with zero attached hydrogens (tertiary/aromatic N) is 3. The Hall–Kier alpha value is -1.53. The lowest BCUT2D eigenvalue weighted by molar-refractivity contribution is 0.102. The molecular weight excluding hydrogens is 296 g/mol. The van der Waals surface area contributed by atoms with Gasteiger partial charge in [-0.2, -0.15) is 0 Å². The largest absolute Gasteiger partial charge is 0.296 e. The fourth-order valence-electron chi connectivity index (χ4n) is 1.56. The predicted molar refractivity (Wildman–Crippen MR) is 80.6 cm³/mol. The van der Waals surface area contributed by atoms with E-state index in [1.165, 1.54) is 11.3 Å². The van der Waals surface area contributed by atoms with Crippen molar-refractivity contribution >= 4 is 34.0 Å². The van der Waals surface area contributed by atoms with Crippen molar-refractivity contribution in [2.24, 2.45) is 0 Å². The summed E-state index contributed by atoms with van der Waals surface area (Å²) < 4.78 is 0. The number of halogens is 1. The molecule has 106 valence electrons. The molecule has 2 heterocycles. The molecule has 1 N–H and O–H groups in total. The van der Waals surface area contributed by atoms with Crippen LogP contribution in [0.1, 0.15) is 47.7 Å². The zero-order valence-corrected chi connectivity index (χ0v) is 13.0. The van der Waals surface area contributed by atoms with E-state index in [1.54, 1.807) is 12.1 Å². The SMILES string of the molecule is CCc1nnc(NC(=O)c2cc(Cl)nc(C(C)C)c2)s1. The molecule has 0 aliphatic rings. The second kappa shape index (κ2) is 6.28. The van der Waals surface area contributed by atoms with E-state index in [9.17, 15) is 4.79 Å². The van der Waals surface area contributed by atoms with Crippen LogP contribution in [0.4, 0.5) is 5.13 Å². The van der Waals surface area contributed by atoms with Gasteiger partial charge in [0, 0.05) is 11.3 Å². The number of pyridine rings is 1. The smallest absolute Gasteiger partial charge is 0.257 e. The van der Waals surface area contributed by atoms with Gasteiger partial charge in [0.2, 0.25) is 5.13 Å². The first kappa shape index (κ1) is 14.9. The number of hydrogen-bond acceptors (Lipinski definition) is 5. The van der Waals surface area contributed by atoms with Crippen LogP contribution in [0.5, 0.6) is 0 Å². The van der Waals surface area contributed by atoms with Gasteiger partial charge in [-0.25, -0.2) is 4.98 Å². The third kappa shape index (κ3) is 3.52. The van der Waals surface area contributed by atoms with Crippen molar-refractivity contribution in [3.8, 4) is 0 Å². The average molecular weight is 311 g/mol. The van der Waals surface area contributed by atoms with Gasteiger partial charge in [-0.3, -0.25) is 10.1 Å². The van der Waals surface area contributed by atoms with Crippen molar-refractivity contribution < 1.29 is 4.79 Å². The number of aryl methyl sites for hydroxylation is 1. The quantitative estimate of drug-likeness (QED) is 0.877. The van der Waals surface area contributed by atoms with E-state index < -0.39 is 0 Å². The van der Waals surface area contributed by atoms with Crippen molar-refractivity contribution in [2.45, 2.75) is 33.1 Å². The van der Waals surface area contributed by atoms with E-state index in [0.717, 1.165) is 17.1 Å². The van der Waals surface area contributed by atoms with Gasteiger partial charge < -0.3 is 0 Å². The molecule has 2 rings (SSSR count). The van der Waals surface area contributed by atoms with Crippen LogP contribution in [0.2, 0.25) is 5.15 Å². The van der Waals surface area contributed by atoms with E-state index in [-0.39, 0.29) is 11.8 Å². The molecule has 0 bridgehead atoms. The molecule has 0 saturated heterocycles. The summed E-state index contributed by atoms with van der Waals surface area (Å²) in [6.07, 6.45) is 0.798. The second-order valence-electron chi connectivity index (χ2n) is 4.57. The Morgan fingerprint density at radius 1 is 1.40 bits per heavy atom. The lowest BCUT2D eigenvalue weighted by Gasteiger charge is -2.07. The number of anilines is 1. The zero-order valence-electron chi connectivity index (χ0n) is 11.5. The fraction of sp³-hybridized carbons (Fsp3) is 0.385. The highest BCUT2D eigenvalue weighted by Gasteiger charge is 2.13. The first-order valence-corrected chi connectivity index (χ1v) is 7.50. The van der Waals surface area contributed by atoms with Gasteiger partial charge in [-0.05, 0) is 24.5 Å². The van der Waals surface area contributed by atoms with Crippen LogP contribution in [0.3, 0.4) is 0 Å². The molecule has 0 saturated carbocycles. The lowest BCUT2D eigenvalue weighted by Crippen LogP contribution is -2.13. The molecule has 0 aromatic carbocycles. The van der Waals surface area contributed by atoms with E-state index in [2.05, 4.69) is 20.5 Å². The third-order valence-electron chi connectivity index (χ3n) is 2.66. The van der Waals surface area contributed by atoms with Crippen LogP contribution in [-0.4, -0.2) is 21.1 Å².